The van der Waals surface area contributed by atoms with E-state index in [4.69, 9.17) is 9.62 Å². The van der Waals surface area contributed by atoms with Crippen molar-refractivity contribution in [1.82, 2.24) is 0 Å². The Balaban J connectivity index is 2.18. The van der Waals surface area contributed by atoms with E-state index in [1.54, 1.807) is 18.4 Å². The second-order valence-corrected chi connectivity index (χ2v) is 3.19. The lowest BCUT2D eigenvalue weighted by Gasteiger charge is -2.00. The predicted octanol–water partition coefficient (Wildman–Crippen LogP) is 2.70. The first kappa shape index (κ1) is 9.52. The lowest BCUT2D eigenvalue weighted by molar-refractivity contribution is 0.317. The maximum Gasteiger partial charge on any atom is 0.151 e. The SMILES string of the molecule is ON=C(Cc1ccccc1)c1ccco1. The van der Waals surface area contributed by atoms with E-state index in [9.17, 15) is 0 Å². The van der Waals surface area contributed by atoms with Crippen LogP contribution in [0.2, 0.25) is 0 Å². The highest BCUT2D eigenvalue weighted by atomic mass is 16.4. The zero-order valence-electron chi connectivity index (χ0n) is 8.13. The fourth-order valence-corrected chi connectivity index (χ4v) is 1.40. The summed E-state index contributed by atoms with van der Waals surface area (Å²) < 4.78 is 5.17. The van der Waals surface area contributed by atoms with Crippen LogP contribution < -0.4 is 0 Å². The summed E-state index contributed by atoms with van der Waals surface area (Å²) in [4.78, 5) is 0. The third-order valence-corrected chi connectivity index (χ3v) is 2.14. The van der Waals surface area contributed by atoms with Crippen LogP contribution in [0.4, 0.5) is 0 Å². The Morgan fingerprint density at radius 2 is 1.93 bits per heavy atom. The van der Waals surface area contributed by atoms with Gasteiger partial charge in [-0.15, -0.1) is 0 Å². The second kappa shape index (κ2) is 4.46. The van der Waals surface area contributed by atoms with Gasteiger partial charge in [0.1, 0.15) is 5.71 Å². The van der Waals surface area contributed by atoms with Crippen LogP contribution in [-0.4, -0.2) is 10.9 Å². The molecule has 3 heteroatoms. The van der Waals surface area contributed by atoms with Crippen LogP contribution in [0.3, 0.4) is 0 Å². The maximum atomic E-state index is 8.89. The zero-order chi connectivity index (χ0) is 10.5. The van der Waals surface area contributed by atoms with Crippen molar-refractivity contribution in [2.75, 3.05) is 0 Å². The van der Waals surface area contributed by atoms with Crippen molar-refractivity contribution in [1.29, 1.82) is 0 Å². The van der Waals surface area contributed by atoms with E-state index in [2.05, 4.69) is 5.16 Å². The summed E-state index contributed by atoms with van der Waals surface area (Å²) in [5.41, 5.74) is 1.62. The molecule has 0 saturated carbocycles. The highest BCUT2D eigenvalue weighted by molar-refractivity contribution is 5.99. The summed E-state index contributed by atoms with van der Waals surface area (Å²) in [6, 6.07) is 13.4. The van der Waals surface area contributed by atoms with E-state index in [1.165, 1.54) is 0 Å². The normalized spacial score (nSPS) is 11.6. The van der Waals surface area contributed by atoms with Crippen molar-refractivity contribution in [3.8, 4) is 0 Å². The minimum atomic E-state index is 0.534. The van der Waals surface area contributed by atoms with Crippen molar-refractivity contribution in [2.24, 2.45) is 5.16 Å². The number of furan rings is 1. The quantitative estimate of drug-likeness (QED) is 0.471. The Kier molecular flexibility index (Phi) is 2.83. The third kappa shape index (κ3) is 2.26. The van der Waals surface area contributed by atoms with E-state index < -0.39 is 0 Å². The van der Waals surface area contributed by atoms with Gasteiger partial charge in [0.25, 0.3) is 0 Å². The molecule has 0 aliphatic heterocycles. The summed E-state index contributed by atoms with van der Waals surface area (Å²) in [7, 11) is 0. The summed E-state index contributed by atoms with van der Waals surface area (Å²) >= 11 is 0. The fraction of sp³-hybridized carbons (Fsp3) is 0.0833. The molecule has 76 valence electrons. The van der Waals surface area contributed by atoms with Gasteiger partial charge in [0.15, 0.2) is 5.76 Å². The van der Waals surface area contributed by atoms with Crippen LogP contribution in [0.5, 0.6) is 0 Å². The highest BCUT2D eigenvalue weighted by Crippen LogP contribution is 2.08. The lowest BCUT2D eigenvalue weighted by Crippen LogP contribution is -2.03. The molecule has 0 aliphatic rings. The van der Waals surface area contributed by atoms with Gasteiger partial charge in [-0.3, -0.25) is 0 Å². The van der Waals surface area contributed by atoms with Crippen molar-refractivity contribution < 1.29 is 9.62 Å². The molecule has 0 bridgehead atoms. The van der Waals surface area contributed by atoms with Crippen LogP contribution >= 0.6 is 0 Å². The molecular formula is C12H11NO2. The Hall–Kier alpha value is -2.03. The molecule has 1 heterocycles. The molecule has 0 unspecified atom stereocenters. The van der Waals surface area contributed by atoms with Gasteiger partial charge in [-0.1, -0.05) is 35.5 Å². The van der Waals surface area contributed by atoms with Crippen LogP contribution in [0.25, 0.3) is 0 Å². The molecule has 1 aromatic heterocycles. The van der Waals surface area contributed by atoms with Gasteiger partial charge in [0, 0.05) is 6.42 Å². The summed E-state index contributed by atoms with van der Waals surface area (Å²) in [6.45, 7) is 0. The summed E-state index contributed by atoms with van der Waals surface area (Å²) in [6.07, 6.45) is 2.12. The molecule has 1 N–H and O–H groups in total. The first-order valence-electron chi connectivity index (χ1n) is 4.69. The van der Waals surface area contributed by atoms with Crippen LogP contribution in [0.15, 0.2) is 58.3 Å². The Bertz CT molecular complexity index is 432. The molecule has 0 amide bonds. The summed E-state index contributed by atoms with van der Waals surface area (Å²) in [5, 5.41) is 12.1. The molecule has 3 nitrogen and oxygen atoms in total. The van der Waals surface area contributed by atoms with Crippen LogP contribution in [0, 0.1) is 0 Å². The van der Waals surface area contributed by atoms with E-state index in [0.29, 0.717) is 17.9 Å². The minimum absolute atomic E-state index is 0.534. The largest absolute Gasteiger partial charge is 0.463 e. The maximum absolute atomic E-state index is 8.89. The van der Waals surface area contributed by atoms with Gasteiger partial charge < -0.3 is 9.62 Å². The second-order valence-electron chi connectivity index (χ2n) is 3.19. The molecule has 0 fully saturated rings. The van der Waals surface area contributed by atoms with Crippen molar-refractivity contribution in [3.05, 3.63) is 60.1 Å². The van der Waals surface area contributed by atoms with E-state index in [-0.39, 0.29) is 0 Å². The highest BCUT2D eigenvalue weighted by Gasteiger charge is 2.07. The molecule has 0 atom stereocenters. The van der Waals surface area contributed by atoms with Crippen LogP contribution in [0.1, 0.15) is 11.3 Å². The van der Waals surface area contributed by atoms with Gasteiger partial charge >= 0.3 is 0 Å². The van der Waals surface area contributed by atoms with E-state index in [1.807, 2.05) is 30.3 Å². The minimum Gasteiger partial charge on any atom is -0.463 e. The molecule has 15 heavy (non-hydrogen) atoms. The molecular weight excluding hydrogens is 190 g/mol. The topological polar surface area (TPSA) is 45.7 Å². The molecule has 1 aromatic carbocycles. The van der Waals surface area contributed by atoms with E-state index in [0.717, 1.165) is 5.56 Å². The average molecular weight is 201 g/mol. The standard InChI is InChI=1S/C12H11NO2/c14-13-11(12-7-4-8-15-12)9-10-5-2-1-3-6-10/h1-8,14H,9H2. The lowest BCUT2D eigenvalue weighted by atomic mass is 10.1. The molecule has 0 aliphatic carbocycles. The number of rotatable bonds is 3. The first-order chi connectivity index (χ1) is 7.40. The van der Waals surface area contributed by atoms with Gasteiger partial charge in [0.2, 0.25) is 0 Å². The van der Waals surface area contributed by atoms with Gasteiger partial charge in [-0.2, -0.15) is 0 Å². The Morgan fingerprint density at radius 3 is 2.53 bits per heavy atom. The number of benzene rings is 1. The smallest absolute Gasteiger partial charge is 0.151 e. The third-order valence-electron chi connectivity index (χ3n) is 2.14. The van der Waals surface area contributed by atoms with Crippen molar-refractivity contribution >= 4 is 5.71 Å². The average Bonchev–Trinajstić information content (AvgIpc) is 2.81. The molecule has 0 radical (unpaired) electrons. The van der Waals surface area contributed by atoms with Gasteiger partial charge in [-0.25, -0.2) is 0 Å². The number of nitrogens with zero attached hydrogens (tertiary/aromatic N) is 1. The van der Waals surface area contributed by atoms with Crippen LogP contribution in [-0.2, 0) is 6.42 Å². The van der Waals surface area contributed by atoms with Crippen molar-refractivity contribution in [2.45, 2.75) is 6.42 Å². The Morgan fingerprint density at radius 1 is 1.13 bits per heavy atom. The number of oxime groups is 1. The van der Waals surface area contributed by atoms with Crippen molar-refractivity contribution in [3.63, 3.8) is 0 Å². The number of hydrogen-bond acceptors (Lipinski definition) is 3. The fourth-order valence-electron chi connectivity index (χ4n) is 1.40. The predicted molar refractivity (Wildman–Crippen MR) is 57.2 cm³/mol. The summed E-state index contributed by atoms with van der Waals surface area (Å²) in [5.74, 6) is 0.598. The number of hydrogen-bond donors (Lipinski definition) is 1. The van der Waals surface area contributed by atoms with Gasteiger partial charge in [0.05, 0.1) is 6.26 Å². The molecule has 0 spiro atoms. The monoisotopic (exact) mass is 201 g/mol. The van der Waals surface area contributed by atoms with E-state index >= 15 is 0 Å². The molecule has 2 aromatic rings. The molecule has 2 rings (SSSR count). The first-order valence-corrected chi connectivity index (χ1v) is 4.69. The van der Waals surface area contributed by atoms with Gasteiger partial charge in [-0.05, 0) is 17.7 Å². The Labute approximate surface area is 87.7 Å². The zero-order valence-corrected chi connectivity index (χ0v) is 8.13. The molecule has 0 saturated heterocycles.